The molecular weight excluding hydrogens is 312 g/mol. The number of benzene rings is 1. The van der Waals surface area contributed by atoms with Crippen molar-refractivity contribution in [2.75, 3.05) is 6.54 Å². The third-order valence-corrected chi connectivity index (χ3v) is 4.24. The quantitative estimate of drug-likeness (QED) is 0.846. The van der Waals surface area contributed by atoms with Crippen molar-refractivity contribution in [2.45, 2.75) is 32.7 Å². The molecule has 2 nitrogen and oxygen atoms in total. The number of rotatable bonds is 6. The number of hydrogen-bond donors (Lipinski definition) is 1. The molecule has 2 rings (SSSR count). The Hall–Kier alpha value is -1.19. The van der Waals surface area contributed by atoms with Gasteiger partial charge < -0.3 is 5.32 Å². The summed E-state index contributed by atoms with van der Waals surface area (Å²) >= 11 is 3.64. The van der Waals surface area contributed by atoms with Gasteiger partial charge in [-0.3, -0.25) is 4.98 Å². The zero-order valence-corrected chi connectivity index (χ0v) is 13.7. The normalized spacial score (nSPS) is 12.3. The molecule has 0 fully saturated rings. The fourth-order valence-corrected chi connectivity index (χ4v) is 2.82. The zero-order chi connectivity index (χ0) is 14.4. The van der Waals surface area contributed by atoms with Gasteiger partial charge in [-0.1, -0.05) is 41.1 Å². The molecule has 0 saturated carbocycles. The van der Waals surface area contributed by atoms with Crippen molar-refractivity contribution >= 4 is 15.9 Å². The van der Waals surface area contributed by atoms with E-state index in [1.165, 1.54) is 21.2 Å². The Morgan fingerprint density at radius 2 is 2.05 bits per heavy atom. The first-order valence-corrected chi connectivity index (χ1v) is 7.89. The van der Waals surface area contributed by atoms with Crippen LogP contribution in [0.15, 0.2) is 47.2 Å². The van der Waals surface area contributed by atoms with Gasteiger partial charge in [0.15, 0.2) is 0 Å². The van der Waals surface area contributed by atoms with Crippen LogP contribution in [0.1, 0.15) is 36.1 Å². The Bertz CT molecular complexity index is 554. The molecule has 1 aromatic heterocycles. The summed E-state index contributed by atoms with van der Waals surface area (Å²) in [5, 5.41) is 3.65. The highest BCUT2D eigenvalue weighted by molar-refractivity contribution is 9.10. The molecule has 2 aromatic rings. The molecule has 1 N–H and O–H groups in total. The van der Waals surface area contributed by atoms with E-state index in [0.717, 1.165) is 19.4 Å². The van der Waals surface area contributed by atoms with Gasteiger partial charge in [0.2, 0.25) is 0 Å². The highest BCUT2D eigenvalue weighted by atomic mass is 79.9. The second-order valence-electron chi connectivity index (χ2n) is 5.03. The van der Waals surface area contributed by atoms with Crippen molar-refractivity contribution in [1.29, 1.82) is 0 Å². The fraction of sp³-hybridized carbons (Fsp3) is 0.353. The van der Waals surface area contributed by atoms with Crippen LogP contribution in [0.3, 0.4) is 0 Å². The van der Waals surface area contributed by atoms with Crippen molar-refractivity contribution in [3.8, 4) is 0 Å². The third kappa shape index (κ3) is 3.90. The monoisotopic (exact) mass is 332 g/mol. The Balaban J connectivity index is 2.24. The van der Waals surface area contributed by atoms with Crippen LogP contribution in [0, 0.1) is 6.92 Å². The van der Waals surface area contributed by atoms with Crippen LogP contribution in [0.4, 0.5) is 0 Å². The van der Waals surface area contributed by atoms with Crippen LogP contribution in [-0.4, -0.2) is 11.5 Å². The van der Waals surface area contributed by atoms with Crippen molar-refractivity contribution in [3.05, 3.63) is 63.9 Å². The number of nitrogens with one attached hydrogen (secondary N) is 1. The minimum atomic E-state index is 0.330. The molecule has 0 aliphatic carbocycles. The van der Waals surface area contributed by atoms with Gasteiger partial charge in [0, 0.05) is 22.9 Å². The number of nitrogens with zero attached hydrogens (tertiary/aromatic N) is 1. The van der Waals surface area contributed by atoms with E-state index < -0.39 is 0 Å². The average Bonchev–Trinajstić information content (AvgIpc) is 2.46. The SMILES string of the molecule is CCCNC(Cc1ccccc1Br)c1ccncc1C. The fourth-order valence-electron chi connectivity index (χ4n) is 2.37. The first-order chi connectivity index (χ1) is 9.72. The van der Waals surface area contributed by atoms with Crippen molar-refractivity contribution in [3.63, 3.8) is 0 Å². The van der Waals surface area contributed by atoms with Gasteiger partial charge in [0.25, 0.3) is 0 Å². The van der Waals surface area contributed by atoms with Crippen LogP contribution < -0.4 is 5.32 Å². The first-order valence-electron chi connectivity index (χ1n) is 7.09. The molecule has 1 unspecified atom stereocenters. The van der Waals surface area contributed by atoms with Gasteiger partial charge in [-0.05, 0) is 55.1 Å². The standard InChI is InChI=1S/C17H21BrN2/c1-3-9-20-17(15-8-10-19-12-13(15)2)11-14-6-4-5-7-16(14)18/h4-8,10,12,17,20H,3,9,11H2,1-2H3. The lowest BCUT2D eigenvalue weighted by Gasteiger charge is -2.21. The molecule has 0 aliphatic heterocycles. The molecule has 1 atom stereocenters. The summed E-state index contributed by atoms with van der Waals surface area (Å²) in [6.45, 7) is 5.35. The summed E-state index contributed by atoms with van der Waals surface area (Å²) in [5.41, 5.74) is 3.91. The van der Waals surface area contributed by atoms with E-state index in [9.17, 15) is 0 Å². The van der Waals surface area contributed by atoms with E-state index >= 15 is 0 Å². The predicted octanol–water partition coefficient (Wildman–Crippen LogP) is 4.44. The van der Waals surface area contributed by atoms with Crippen molar-refractivity contribution in [1.82, 2.24) is 10.3 Å². The van der Waals surface area contributed by atoms with Gasteiger partial charge in [0.05, 0.1) is 0 Å². The molecule has 1 aromatic carbocycles. The number of pyridine rings is 1. The van der Waals surface area contributed by atoms with Crippen LogP contribution >= 0.6 is 15.9 Å². The van der Waals surface area contributed by atoms with E-state index in [-0.39, 0.29) is 0 Å². The minimum absolute atomic E-state index is 0.330. The lowest BCUT2D eigenvalue weighted by molar-refractivity contribution is 0.526. The van der Waals surface area contributed by atoms with Crippen LogP contribution in [0.2, 0.25) is 0 Å². The topological polar surface area (TPSA) is 24.9 Å². The van der Waals surface area contributed by atoms with E-state index in [1.807, 2.05) is 12.4 Å². The first kappa shape index (κ1) is 15.2. The molecule has 0 aliphatic rings. The summed E-state index contributed by atoms with van der Waals surface area (Å²) < 4.78 is 1.18. The van der Waals surface area contributed by atoms with Crippen LogP contribution in [0.5, 0.6) is 0 Å². The van der Waals surface area contributed by atoms with Crippen LogP contribution in [0.25, 0.3) is 0 Å². The van der Waals surface area contributed by atoms with Gasteiger partial charge in [-0.25, -0.2) is 0 Å². The van der Waals surface area contributed by atoms with Gasteiger partial charge >= 0.3 is 0 Å². The molecule has 1 heterocycles. The Morgan fingerprint density at radius 1 is 1.25 bits per heavy atom. The summed E-state index contributed by atoms with van der Waals surface area (Å²) in [6, 6.07) is 10.9. The number of aryl methyl sites for hydroxylation is 1. The van der Waals surface area contributed by atoms with E-state index in [4.69, 9.17) is 0 Å². The summed E-state index contributed by atoms with van der Waals surface area (Å²) in [7, 11) is 0. The van der Waals surface area contributed by atoms with Gasteiger partial charge in [0.1, 0.15) is 0 Å². The predicted molar refractivity (Wildman–Crippen MR) is 87.9 cm³/mol. The Kier molecular flexibility index (Phi) is 5.74. The van der Waals surface area contributed by atoms with E-state index in [1.54, 1.807) is 0 Å². The molecular formula is C17H21BrN2. The molecule has 0 spiro atoms. The van der Waals surface area contributed by atoms with Gasteiger partial charge in [-0.2, -0.15) is 0 Å². The maximum atomic E-state index is 4.20. The minimum Gasteiger partial charge on any atom is -0.310 e. The maximum absolute atomic E-state index is 4.20. The molecule has 20 heavy (non-hydrogen) atoms. The number of aromatic nitrogens is 1. The smallest absolute Gasteiger partial charge is 0.0365 e. The molecule has 106 valence electrons. The van der Waals surface area contributed by atoms with E-state index in [2.05, 4.69) is 70.4 Å². The highest BCUT2D eigenvalue weighted by Gasteiger charge is 2.14. The van der Waals surface area contributed by atoms with Crippen LogP contribution in [-0.2, 0) is 6.42 Å². The molecule has 3 heteroatoms. The number of hydrogen-bond acceptors (Lipinski definition) is 2. The summed E-state index contributed by atoms with van der Waals surface area (Å²) in [4.78, 5) is 4.20. The average molecular weight is 333 g/mol. The Labute approximate surface area is 129 Å². The summed E-state index contributed by atoms with van der Waals surface area (Å²) in [5.74, 6) is 0. The largest absolute Gasteiger partial charge is 0.310 e. The molecule has 0 radical (unpaired) electrons. The lowest BCUT2D eigenvalue weighted by Crippen LogP contribution is -2.25. The second kappa shape index (κ2) is 7.55. The molecule has 0 saturated heterocycles. The maximum Gasteiger partial charge on any atom is 0.0365 e. The number of halogens is 1. The van der Waals surface area contributed by atoms with E-state index in [0.29, 0.717) is 6.04 Å². The third-order valence-electron chi connectivity index (χ3n) is 3.46. The van der Waals surface area contributed by atoms with Gasteiger partial charge in [-0.15, -0.1) is 0 Å². The summed E-state index contributed by atoms with van der Waals surface area (Å²) in [6.07, 6.45) is 5.93. The lowest BCUT2D eigenvalue weighted by atomic mass is 9.96. The molecule has 0 amide bonds. The van der Waals surface area contributed by atoms with Crippen molar-refractivity contribution in [2.24, 2.45) is 0 Å². The zero-order valence-electron chi connectivity index (χ0n) is 12.1. The highest BCUT2D eigenvalue weighted by Crippen LogP contribution is 2.25. The Morgan fingerprint density at radius 3 is 2.75 bits per heavy atom. The van der Waals surface area contributed by atoms with Crippen molar-refractivity contribution < 1.29 is 0 Å². The second-order valence-corrected chi connectivity index (χ2v) is 5.89. The molecule has 0 bridgehead atoms.